The molecule has 0 aromatic rings. The summed E-state index contributed by atoms with van der Waals surface area (Å²) >= 11 is 0. The molecule has 23 heteroatoms. The Morgan fingerprint density at radius 1 is 0.514 bits per heavy atom. The summed E-state index contributed by atoms with van der Waals surface area (Å²) in [4.78, 5) is 125. The lowest BCUT2D eigenvalue weighted by Gasteiger charge is -2.29. The van der Waals surface area contributed by atoms with Crippen LogP contribution in [0.5, 0.6) is 0 Å². The predicted octanol–water partition coefficient (Wildman–Crippen LogP) is -1.72. The maximum atomic E-state index is 14.3. The standard InChI is InChI=1S/C49H93N13O10/c1-28(2)12-10-9-11-13-32(63)27-41(64)55-33(14-19-50)43(66)59-37-18-23-54-42(65)38(24-29(3)4)60-45(68)35(16-21-52)56-44(67)34(15-20-51)58-48(71)39(25-30(5)6)62-49(72)40(26-31(7)8)61-46(69)36(17-22-53)57-47(37)70/h28-40,63H,9-27,50-53H2,1-8H3,(H,54,65)(H,55,64)(H,56,67)(H,57,70)(H,58,71)(H,59,66)(H,60,68)(H,61,69)(H,62,72). The summed E-state index contributed by atoms with van der Waals surface area (Å²) in [5.74, 6) is -6.49. The van der Waals surface area contributed by atoms with Crippen LogP contribution in [-0.2, 0) is 43.2 Å². The Kier molecular flexibility index (Phi) is 31.8. The highest BCUT2D eigenvalue weighted by Crippen LogP contribution is 2.14. The molecule has 1 fully saturated rings. The van der Waals surface area contributed by atoms with Crippen LogP contribution in [0.3, 0.4) is 0 Å². The fourth-order valence-electron chi connectivity index (χ4n) is 8.17. The van der Waals surface area contributed by atoms with Crippen LogP contribution >= 0.6 is 0 Å². The van der Waals surface area contributed by atoms with E-state index in [1.807, 2.05) is 41.5 Å². The Hall–Kier alpha value is -4.97. The van der Waals surface area contributed by atoms with Crippen molar-refractivity contribution in [2.24, 2.45) is 46.6 Å². The van der Waals surface area contributed by atoms with E-state index in [-0.39, 0.29) is 108 Å². The Balaban J connectivity index is 3.78. The second kappa shape index (κ2) is 35.2. The van der Waals surface area contributed by atoms with E-state index < -0.39 is 108 Å². The van der Waals surface area contributed by atoms with Crippen LogP contribution in [0.4, 0.5) is 0 Å². The summed E-state index contributed by atoms with van der Waals surface area (Å²) in [6, 6.07) is -10.1. The number of hydrogen-bond donors (Lipinski definition) is 14. The summed E-state index contributed by atoms with van der Waals surface area (Å²) in [7, 11) is 0. The number of rotatable bonds is 25. The zero-order chi connectivity index (χ0) is 54.5. The molecule has 18 N–H and O–H groups in total. The van der Waals surface area contributed by atoms with Gasteiger partial charge in [0, 0.05) is 6.54 Å². The van der Waals surface area contributed by atoms with Crippen molar-refractivity contribution in [3.05, 3.63) is 0 Å². The van der Waals surface area contributed by atoms with Crippen molar-refractivity contribution in [3.63, 3.8) is 0 Å². The number of nitrogens with two attached hydrogens (primary N) is 4. The first-order chi connectivity index (χ1) is 34.0. The number of amides is 9. The van der Waals surface area contributed by atoms with Gasteiger partial charge in [0.25, 0.3) is 0 Å². The number of nitrogens with one attached hydrogen (secondary N) is 9. The molecule has 414 valence electrons. The van der Waals surface area contributed by atoms with Crippen LogP contribution in [0.25, 0.3) is 0 Å². The minimum Gasteiger partial charge on any atom is -0.393 e. The van der Waals surface area contributed by atoms with Gasteiger partial charge >= 0.3 is 0 Å². The fraction of sp³-hybridized carbons (Fsp3) is 0.816. The SMILES string of the molecule is CC(C)CCCCCC(O)CC(=O)NC(CCN)C(=O)NC1CCNC(=O)C(CC(C)C)NC(=O)C(CCN)NC(=O)C(CCN)NC(=O)C(CC(C)C)NC(=O)C(CC(C)C)NC(=O)C(CCN)NC1=O. The highest BCUT2D eigenvalue weighted by molar-refractivity contribution is 5.98. The number of hydrogen-bond acceptors (Lipinski definition) is 14. The number of carbonyl (C=O) groups excluding carboxylic acids is 9. The van der Waals surface area contributed by atoms with Gasteiger partial charge in [-0.05, 0) is 108 Å². The lowest BCUT2D eigenvalue weighted by Crippen LogP contribution is -2.60. The molecule has 1 saturated heterocycles. The molecule has 1 rings (SSSR count). The van der Waals surface area contributed by atoms with Crippen molar-refractivity contribution in [1.29, 1.82) is 0 Å². The van der Waals surface area contributed by atoms with E-state index in [1.54, 1.807) is 0 Å². The van der Waals surface area contributed by atoms with E-state index in [0.717, 1.165) is 25.7 Å². The smallest absolute Gasteiger partial charge is 0.243 e. The minimum atomic E-state index is -1.45. The van der Waals surface area contributed by atoms with E-state index in [0.29, 0.717) is 12.3 Å². The molecule has 9 amide bonds. The summed E-state index contributed by atoms with van der Waals surface area (Å²) in [6.45, 7) is 14.8. The van der Waals surface area contributed by atoms with Gasteiger partial charge in [0.05, 0.1) is 12.5 Å². The molecule has 0 aromatic carbocycles. The van der Waals surface area contributed by atoms with Gasteiger partial charge in [-0.2, -0.15) is 0 Å². The lowest BCUT2D eigenvalue weighted by atomic mass is 9.99. The molecule has 0 aromatic heterocycles. The van der Waals surface area contributed by atoms with E-state index in [4.69, 9.17) is 22.9 Å². The van der Waals surface area contributed by atoms with Gasteiger partial charge in [-0.15, -0.1) is 0 Å². The Bertz CT molecular complexity index is 1720. The molecular formula is C49H93N13O10. The molecule has 0 bridgehead atoms. The summed E-state index contributed by atoms with van der Waals surface area (Å²) in [5, 5.41) is 34.7. The van der Waals surface area contributed by atoms with Crippen molar-refractivity contribution in [2.45, 2.75) is 200 Å². The van der Waals surface area contributed by atoms with Crippen molar-refractivity contribution in [2.75, 3.05) is 32.7 Å². The molecular weight excluding hydrogens is 931 g/mol. The summed E-state index contributed by atoms with van der Waals surface area (Å²) in [5.41, 5.74) is 23.5. The molecule has 0 aliphatic carbocycles. The van der Waals surface area contributed by atoms with Gasteiger partial charge in [-0.25, -0.2) is 0 Å². The van der Waals surface area contributed by atoms with Crippen molar-refractivity contribution >= 4 is 53.2 Å². The molecule has 0 saturated carbocycles. The van der Waals surface area contributed by atoms with Gasteiger partial charge < -0.3 is 75.9 Å². The quantitative estimate of drug-likeness (QED) is 0.0453. The normalized spacial score (nSPS) is 23.6. The van der Waals surface area contributed by atoms with E-state index >= 15 is 0 Å². The van der Waals surface area contributed by atoms with Crippen LogP contribution in [0, 0.1) is 23.7 Å². The van der Waals surface area contributed by atoms with Gasteiger partial charge in [-0.3, -0.25) is 43.2 Å². The maximum Gasteiger partial charge on any atom is 0.243 e. The second-order valence-corrected chi connectivity index (χ2v) is 20.7. The Labute approximate surface area is 427 Å². The first-order valence-electron chi connectivity index (χ1n) is 26.1. The average molecular weight is 1020 g/mol. The molecule has 9 atom stereocenters. The van der Waals surface area contributed by atoms with E-state index in [9.17, 15) is 48.3 Å². The van der Waals surface area contributed by atoms with Gasteiger partial charge in [-0.1, -0.05) is 81.1 Å². The molecule has 0 spiro atoms. The van der Waals surface area contributed by atoms with Gasteiger partial charge in [0.2, 0.25) is 53.2 Å². The van der Waals surface area contributed by atoms with Crippen molar-refractivity contribution in [1.82, 2.24) is 47.9 Å². The number of carbonyl (C=O) groups is 9. The van der Waals surface area contributed by atoms with Crippen LogP contribution in [0.15, 0.2) is 0 Å². The molecule has 1 aliphatic heterocycles. The second-order valence-electron chi connectivity index (χ2n) is 20.7. The predicted molar refractivity (Wildman–Crippen MR) is 275 cm³/mol. The number of aliphatic hydroxyl groups excluding tert-OH is 1. The maximum absolute atomic E-state index is 14.3. The minimum absolute atomic E-state index is 0.0354. The zero-order valence-electron chi connectivity index (χ0n) is 44.4. The number of unbranched alkanes of at least 4 members (excludes halogenated alkanes) is 2. The molecule has 9 unspecified atom stereocenters. The van der Waals surface area contributed by atoms with Crippen LogP contribution in [0.1, 0.15) is 145 Å². The third kappa shape index (κ3) is 26.1. The Morgan fingerprint density at radius 3 is 1.31 bits per heavy atom. The zero-order valence-corrected chi connectivity index (χ0v) is 44.4. The topological polar surface area (TPSA) is 386 Å². The third-order valence-corrected chi connectivity index (χ3v) is 12.0. The van der Waals surface area contributed by atoms with E-state index in [1.165, 1.54) is 0 Å². The van der Waals surface area contributed by atoms with Crippen molar-refractivity contribution in [3.8, 4) is 0 Å². The van der Waals surface area contributed by atoms with Crippen molar-refractivity contribution < 1.29 is 48.3 Å². The van der Waals surface area contributed by atoms with Crippen LogP contribution in [0.2, 0.25) is 0 Å². The van der Waals surface area contributed by atoms with E-state index in [2.05, 4.69) is 61.7 Å². The highest BCUT2D eigenvalue weighted by atomic mass is 16.3. The third-order valence-electron chi connectivity index (χ3n) is 12.0. The van der Waals surface area contributed by atoms with Crippen LogP contribution in [-0.4, -0.2) is 145 Å². The first kappa shape index (κ1) is 65.0. The van der Waals surface area contributed by atoms with Gasteiger partial charge in [0.1, 0.15) is 48.3 Å². The van der Waals surface area contributed by atoms with Gasteiger partial charge in [0.15, 0.2) is 0 Å². The monoisotopic (exact) mass is 1020 g/mol. The van der Waals surface area contributed by atoms with Crippen LogP contribution < -0.4 is 70.8 Å². The summed E-state index contributed by atoms with van der Waals surface area (Å²) < 4.78 is 0. The Morgan fingerprint density at radius 2 is 0.903 bits per heavy atom. The highest BCUT2D eigenvalue weighted by Gasteiger charge is 2.35. The average Bonchev–Trinajstić information content (AvgIpc) is 3.28. The summed E-state index contributed by atoms with van der Waals surface area (Å²) in [6.07, 6.45) is 2.76. The first-order valence-corrected chi connectivity index (χ1v) is 26.1. The molecule has 23 nitrogen and oxygen atoms in total. The lowest BCUT2D eigenvalue weighted by molar-refractivity contribution is -0.136. The molecule has 72 heavy (non-hydrogen) atoms. The molecule has 1 heterocycles. The largest absolute Gasteiger partial charge is 0.393 e. The molecule has 0 radical (unpaired) electrons. The number of aliphatic hydroxyl groups is 1. The fourth-order valence-corrected chi connectivity index (χ4v) is 8.17. The molecule has 1 aliphatic rings.